The summed E-state index contributed by atoms with van der Waals surface area (Å²) in [5.74, 6) is -0.991. The van der Waals surface area contributed by atoms with Gasteiger partial charge in [0.1, 0.15) is 0 Å². The molecule has 132 valence electrons. The molecule has 0 saturated heterocycles. The first-order valence-electron chi connectivity index (χ1n) is 8.10. The number of carbonyl (C=O) groups excluding carboxylic acids is 2. The number of nitrogens with zero attached hydrogens (tertiary/aromatic N) is 2. The molecule has 27 heavy (non-hydrogen) atoms. The second kappa shape index (κ2) is 6.34. The normalized spacial score (nSPS) is 13.0. The highest BCUT2D eigenvalue weighted by Crippen LogP contribution is 2.30. The Balaban J connectivity index is 1.77. The number of rotatable bonds is 2. The summed E-state index contributed by atoms with van der Waals surface area (Å²) in [5.41, 5.74) is 8.61. The van der Waals surface area contributed by atoms with Crippen LogP contribution in [-0.4, -0.2) is 27.5 Å². The number of amidine groups is 1. The smallest absolute Gasteiger partial charge is 0.349 e. The monoisotopic (exact) mass is 377 g/mol. The minimum absolute atomic E-state index is 0.0346. The predicted molar refractivity (Wildman–Crippen MR) is 102 cm³/mol. The molecule has 2 aromatic carbocycles. The summed E-state index contributed by atoms with van der Waals surface area (Å²) < 4.78 is 0. The number of nitrogens with two attached hydrogens (primary N) is 2. The molecule has 0 spiro atoms. The lowest BCUT2D eigenvalue weighted by Gasteiger charge is -2.11. The van der Waals surface area contributed by atoms with Crippen molar-refractivity contribution in [3.05, 3.63) is 82.5 Å². The summed E-state index contributed by atoms with van der Waals surface area (Å²) in [4.78, 5) is 30.6. The lowest BCUT2D eigenvalue weighted by atomic mass is 10.0. The van der Waals surface area contributed by atoms with Crippen molar-refractivity contribution in [2.24, 2.45) is 0 Å². The van der Waals surface area contributed by atoms with Gasteiger partial charge in [-0.25, -0.2) is 9.59 Å². The highest BCUT2D eigenvalue weighted by Gasteiger charge is 2.45. The number of nitrogen functional groups attached to an aromatic ring is 1. The van der Waals surface area contributed by atoms with Crippen molar-refractivity contribution in [2.75, 3.05) is 5.73 Å². The second-order valence-corrected chi connectivity index (χ2v) is 6.42. The molecule has 2 heterocycles. The maximum absolute atomic E-state index is 12.7. The van der Waals surface area contributed by atoms with Gasteiger partial charge in [0.05, 0.1) is 27.4 Å². The Bertz CT molecular complexity index is 1090. The summed E-state index contributed by atoms with van der Waals surface area (Å²) in [6.07, 6.45) is 1.62. The highest BCUT2D eigenvalue weighted by molar-refractivity contribution is 6.33. The van der Waals surface area contributed by atoms with E-state index in [4.69, 9.17) is 22.7 Å². The zero-order valence-electron chi connectivity index (χ0n) is 14.0. The Morgan fingerprint density at radius 1 is 1.00 bits per heavy atom. The van der Waals surface area contributed by atoms with E-state index in [1.807, 2.05) is 0 Å². The van der Waals surface area contributed by atoms with Crippen molar-refractivity contribution in [1.29, 1.82) is 0 Å². The third-order valence-electron chi connectivity index (χ3n) is 4.40. The van der Waals surface area contributed by atoms with Gasteiger partial charge in [-0.3, -0.25) is 10.4 Å². The zero-order chi connectivity index (χ0) is 19.1. The number of fused-ring (bicyclic) bond motifs is 1. The van der Waals surface area contributed by atoms with Gasteiger partial charge in [0.15, 0.2) is 0 Å². The summed E-state index contributed by atoms with van der Waals surface area (Å²) >= 11 is 6.21. The molecule has 1 aliphatic heterocycles. The van der Waals surface area contributed by atoms with Crippen LogP contribution in [0, 0.1) is 0 Å². The SMILES string of the molecule is Nc1ccc(-c2ncccc2Cl)cc1C(=[NH2+])N1C(=O)c2ccccc2C1=O. The van der Waals surface area contributed by atoms with Crippen molar-refractivity contribution in [3.8, 4) is 11.3 Å². The van der Waals surface area contributed by atoms with Crippen molar-refractivity contribution in [2.45, 2.75) is 0 Å². The number of benzene rings is 2. The fourth-order valence-corrected chi connectivity index (χ4v) is 3.28. The van der Waals surface area contributed by atoms with E-state index in [-0.39, 0.29) is 5.84 Å². The molecule has 1 aromatic heterocycles. The van der Waals surface area contributed by atoms with E-state index >= 15 is 0 Å². The molecule has 4 rings (SSSR count). The third-order valence-corrected chi connectivity index (χ3v) is 4.70. The molecule has 0 bridgehead atoms. The number of aromatic nitrogens is 1. The van der Waals surface area contributed by atoms with Crippen molar-refractivity contribution >= 4 is 34.9 Å². The lowest BCUT2D eigenvalue weighted by molar-refractivity contribution is -0.122. The van der Waals surface area contributed by atoms with Crippen molar-refractivity contribution in [3.63, 3.8) is 0 Å². The quantitative estimate of drug-likeness (QED) is 0.307. The van der Waals surface area contributed by atoms with Gasteiger partial charge in [0, 0.05) is 17.4 Å². The number of hydrogen-bond acceptors (Lipinski definition) is 4. The Labute approximate surface area is 159 Å². The highest BCUT2D eigenvalue weighted by atomic mass is 35.5. The Kier molecular flexibility index (Phi) is 3.97. The van der Waals surface area contributed by atoms with Crippen LogP contribution in [0.15, 0.2) is 60.8 Å². The molecule has 6 nitrogen and oxygen atoms in total. The van der Waals surface area contributed by atoms with Crippen LogP contribution in [0.3, 0.4) is 0 Å². The molecule has 0 unspecified atom stereocenters. The maximum atomic E-state index is 12.7. The molecule has 2 amide bonds. The minimum atomic E-state index is -0.478. The first-order valence-corrected chi connectivity index (χ1v) is 8.48. The standard InChI is InChI=1S/C20H13ClN4O2/c21-15-6-3-9-24-17(15)11-7-8-16(22)14(10-11)18(23)25-19(26)12-4-1-2-5-13(12)20(25)27/h1-10,23H,22H2/p+1. The number of imide groups is 1. The van der Waals surface area contributed by atoms with E-state index in [1.165, 1.54) is 0 Å². The summed E-state index contributed by atoms with van der Waals surface area (Å²) in [7, 11) is 0. The molecule has 0 aliphatic carbocycles. The number of carbonyl (C=O) groups is 2. The Morgan fingerprint density at radius 2 is 1.67 bits per heavy atom. The van der Waals surface area contributed by atoms with E-state index in [0.717, 1.165) is 4.90 Å². The van der Waals surface area contributed by atoms with Crippen LogP contribution in [0.1, 0.15) is 26.3 Å². The third kappa shape index (κ3) is 2.67. The summed E-state index contributed by atoms with van der Waals surface area (Å²) in [6.45, 7) is 0. The molecule has 0 saturated carbocycles. The van der Waals surface area contributed by atoms with E-state index in [9.17, 15) is 9.59 Å². The zero-order valence-corrected chi connectivity index (χ0v) is 14.8. The average molecular weight is 378 g/mol. The molecule has 0 atom stereocenters. The van der Waals surface area contributed by atoms with Crippen LogP contribution >= 0.6 is 11.6 Å². The summed E-state index contributed by atoms with van der Waals surface area (Å²) in [6, 6.07) is 15.1. The molecule has 3 aromatic rings. The van der Waals surface area contributed by atoms with E-state index in [0.29, 0.717) is 38.7 Å². The molecule has 7 heteroatoms. The van der Waals surface area contributed by atoms with E-state index in [1.54, 1.807) is 60.8 Å². The van der Waals surface area contributed by atoms with Gasteiger partial charge in [0.2, 0.25) is 0 Å². The van der Waals surface area contributed by atoms with E-state index in [2.05, 4.69) is 4.98 Å². The van der Waals surface area contributed by atoms with Crippen LogP contribution in [0.25, 0.3) is 11.3 Å². The van der Waals surface area contributed by atoms with Gasteiger partial charge in [0.25, 0.3) is 5.84 Å². The van der Waals surface area contributed by atoms with Crippen molar-refractivity contribution in [1.82, 2.24) is 9.88 Å². The number of halogens is 1. The van der Waals surface area contributed by atoms with Crippen LogP contribution in [0.4, 0.5) is 5.69 Å². The maximum Gasteiger partial charge on any atom is 0.349 e. The first kappa shape index (κ1) is 16.9. The van der Waals surface area contributed by atoms with Crippen LogP contribution in [0.2, 0.25) is 5.02 Å². The largest absolute Gasteiger partial charge is 0.398 e. The van der Waals surface area contributed by atoms with Crippen LogP contribution in [-0.2, 0) is 0 Å². The van der Waals surface area contributed by atoms with Gasteiger partial charge in [-0.05, 0) is 36.4 Å². The molecular formula is C20H14ClN4O2+. The lowest BCUT2D eigenvalue weighted by Crippen LogP contribution is -2.54. The van der Waals surface area contributed by atoms with Gasteiger partial charge in [-0.1, -0.05) is 29.8 Å². The fourth-order valence-electron chi connectivity index (χ4n) is 3.05. The fraction of sp³-hybridized carbons (Fsp3) is 0. The topological polar surface area (TPSA) is 102 Å². The van der Waals surface area contributed by atoms with Crippen LogP contribution < -0.4 is 11.1 Å². The molecule has 4 N–H and O–H groups in total. The van der Waals surface area contributed by atoms with Crippen molar-refractivity contribution < 1.29 is 15.0 Å². The average Bonchev–Trinajstić information content (AvgIpc) is 2.93. The summed E-state index contributed by atoms with van der Waals surface area (Å²) in [5, 5.41) is 6.68. The van der Waals surface area contributed by atoms with Gasteiger partial charge in [-0.15, -0.1) is 4.90 Å². The van der Waals surface area contributed by atoms with Crippen LogP contribution in [0.5, 0.6) is 0 Å². The minimum Gasteiger partial charge on any atom is -0.398 e. The Hall–Kier alpha value is -3.51. The van der Waals surface area contributed by atoms with Gasteiger partial charge >= 0.3 is 11.8 Å². The molecule has 0 fully saturated rings. The molecular weight excluding hydrogens is 364 g/mol. The van der Waals surface area contributed by atoms with Gasteiger partial charge < -0.3 is 5.73 Å². The molecule has 0 radical (unpaired) electrons. The number of anilines is 1. The number of pyridine rings is 1. The second-order valence-electron chi connectivity index (χ2n) is 6.01. The number of hydrogen-bond donors (Lipinski definition) is 2. The predicted octanol–water partition coefficient (Wildman–Crippen LogP) is 1.79. The molecule has 1 aliphatic rings. The Morgan fingerprint density at radius 3 is 2.30 bits per heavy atom. The van der Waals surface area contributed by atoms with Gasteiger partial charge in [-0.2, -0.15) is 0 Å². The number of amides is 2. The first-order chi connectivity index (χ1) is 13.0. The van der Waals surface area contributed by atoms with E-state index < -0.39 is 11.8 Å².